The van der Waals surface area contributed by atoms with Gasteiger partial charge in [0.25, 0.3) is 0 Å². The van der Waals surface area contributed by atoms with Gasteiger partial charge in [-0.3, -0.25) is 4.99 Å². The number of hydrogen-bond acceptors (Lipinski definition) is 1. The van der Waals surface area contributed by atoms with Crippen LogP contribution in [0.3, 0.4) is 0 Å². The molecule has 0 aromatic carbocycles. The number of aliphatic imine (C=N–C) groups is 1. The zero-order chi connectivity index (χ0) is 12.8. The van der Waals surface area contributed by atoms with Crippen LogP contribution in [0.15, 0.2) is 34.4 Å². The van der Waals surface area contributed by atoms with Gasteiger partial charge in [0.05, 0.1) is 6.54 Å². The number of guanidine groups is 1. The highest BCUT2D eigenvalue weighted by atomic mass is 79.9. The number of aromatic nitrogens is 1. The first-order chi connectivity index (χ1) is 8.08. The molecule has 0 atom stereocenters. The Bertz CT molecular complexity index is 409. The summed E-state index contributed by atoms with van der Waals surface area (Å²) < 4.78 is 3.19. The van der Waals surface area contributed by atoms with Crippen molar-refractivity contribution in [2.45, 2.75) is 6.54 Å². The zero-order valence-electron chi connectivity index (χ0n) is 10.6. The summed E-state index contributed by atoms with van der Waals surface area (Å²) in [4.78, 5) is 6.30. The van der Waals surface area contributed by atoms with E-state index in [-0.39, 0.29) is 0 Å². The van der Waals surface area contributed by atoms with Gasteiger partial charge in [0.1, 0.15) is 0 Å². The fourth-order valence-electron chi connectivity index (χ4n) is 1.59. The molecule has 1 aromatic heterocycles. The number of hydrogen-bond donors (Lipinski definition) is 1. The Morgan fingerprint density at radius 1 is 1.71 bits per heavy atom. The van der Waals surface area contributed by atoms with Gasteiger partial charge in [-0.2, -0.15) is 0 Å². The minimum Gasteiger partial charge on any atom is -0.353 e. The molecule has 0 aliphatic carbocycles. The molecule has 0 bridgehead atoms. The third-order valence-corrected chi connectivity index (χ3v) is 2.89. The lowest BCUT2D eigenvalue weighted by Crippen LogP contribution is -2.38. The minimum absolute atomic E-state index is 0.716. The van der Waals surface area contributed by atoms with Crippen LogP contribution in [0, 0.1) is 0 Å². The Morgan fingerprint density at radius 3 is 2.88 bits per heavy atom. The zero-order valence-corrected chi connectivity index (χ0v) is 12.2. The first-order valence-corrected chi connectivity index (χ1v) is 6.21. The highest BCUT2D eigenvalue weighted by Gasteiger charge is 2.08. The molecule has 0 unspecified atom stereocenters. The van der Waals surface area contributed by atoms with E-state index < -0.39 is 0 Å². The highest BCUT2D eigenvalue weighted by Crippen LogP contribution is 2.14. The molecule has 1 heterocycles. The normalized spacial score (nSPS) is 11.4. The summed E-state index contributed by atoms with van der Waals surface area (Å²) in [5.74, 6) is 0.863. The Morgan fingerprint density at radius 2 is 2.41 bits per heavy atom. The average Bonchev–Trinajstić information content (AvgIpc) is 2.58. The van der Waals surface area contributed by atoms with Crippen molar-refractivity contribution in [2.24, 2.45) is 12.0 Å². The fourth-order valence-corrected chi connectivity index (χ4v) is 2.16. The van der Waals surface area contributed by atoms with Crippen molar-refractivity contribution in [2.75, 3.05) is 20.6 Å². The molecule has 1 aromatic rings. The van der Waals surface area contributed by atoms with Crippen LogP contribution in [-0.4, -0.2) is 36.1 Å². The van der Waals surface area contributed by atoms with Gasteiger partial charge in [0, 0.05) is 44.1 Å². The fraction of sp³-hybridized carbons (Fsp3) is 0.417. The molecule has 0 saturated heterocycles. The second-order valence-corrected chi connectivity index (χ2v) is 4.75. The Labute approximate surface area is 111 Å². The second-order valence-electron chi connectivity index (χ2n) is 3.83. The molecule has 0 aliphatic rings. The van der Waals surface area contributed by atoms with E-state index in [1.807, 2.05) is 26.4 Å². The van der Waals surface area contributed by atoms with Crippen molar-refractivity contribution >= 4 is 21.9 Å². The van der Waals surface area contributed by atoms with Gasteiger partial charge >= 0.3 is 0 Å². The van der Waals surface area contributed by atoms with Crippen LogP contribution in [0.4, 0.5) is 0 Å². The number of nitrogens with one attached hydrogen (secondary N) is 1. The first kappa shape index (κ1) is 13.8. The SMILES string of the molecule is C=CCNC(=NC)N(C)Cc1cc(Br)cn1C. The molecule has 5 heteroatoms. The van der Waals surface area contributed by atoms with Crippen molar-refractivity contribution in [3.63, 3.8) is 0 Å². The van der Waals surface area contributed by atoms with Crippen LogP contribution in [0.25, 0.3) is 0 Å². The minimum atomic E-state index is 0.716. The van der Waals surface area contributed by atoms with Crippen LogP contribution < -0.4 is 5.32 Å². The number of aryl methyl sites for hydroxylation is 1. The van der Waals surface area contributed by atoms with Crippen LogP contribution in [0.1, 0.15) is 5.69 Å². The monoisotopic (exact) mass is 298 g/mol. The summed E-state index contributed by atoms with van der Waals surface area (Å²) >= 11 is 3.47. The van der Waals surface area contributed by atoms with Gasteiger partial charge in [-0.05, 0) is 22.0 Å². The maximum Gasteiger partial charge on any atom is 0.193 e. The molecule has 0 radical (unpaired) electrons. The van der Waals surface area contributed by atoms with Gasteiger partial charge < -0.3 is 14.8 Å². The van der Waals surface area contributed by atoms with Gasteiger partial charge in [-0.25, -0.2) is 0 Å². The molecular formula is C12H19BrN4. The van der Waals surface area contributed by atoms with E-state index in [1.54, 1.807) is 7.05 Å². The van der Waals surface area contributed by atoms with E-state index in [4.69, 9.17) is 0 Å². The number of nitrogens with zero attached hydrogens (tertiary/aromatic N) is 3. The lowest BCUT2D eigenvalue weighted by atomic mass is 10.4. The van der Waals surface area contributed by atoms with Gasteiger partial charge in [-0.1, -0.05) is 6.08 Å². The quantitative estimate of drug-likeness (QED) is 0.524. The third kappa shape index (κ3) is 3.93. The van der Waals surface area contributed by atoms with Crippen molar-refractivity contribution in [3.8, 4) is 0 Å². The van der Waals surface area contributed by atoms with Gasteiger partial charge in [0.15, 0.2) is 5.96 Å². The maximum absolute atomic E-state index is 4.22. The lowest BCUT2D eigenvalue weighted by Gasteiger charge is -2.21. The van der Waals surface area contributed by atoms with E-state index in [9.17, 15) is 0 Å². The molecule has 1 rings (SSSR count). The first-order valence-electron chi connectivity index (χ1n) is 5.42. The smallest absolute Gasteiger partial charge is 0.193 e. The Kier molecular flexibility index (Phi) is 5.28. The van der Waals surface area contributed by atoms with Crippen molar-refractivity contribution in [1.82, 2.24) is 14.8 Å². The van der Waals surface area contributed by atoms with Gasteiger partial charge in [0.2, 0.25) is 0 Å². The highest BCUT2D eigenvalue weighted by molar-refractivity contribution is 9.10. The third-order valence-electron chi connectivity index (χ3n) is 2.45. The van der Waals surface area contributed by atoms with Crippen LogP contribution >= 0.6 is 15.9 Å². The number of rotatable bonds is 4. The second kappa shape index (κ2) is 6.49. The summed E-state index contributed by atoms with van der Waals surface area (Å²) in [5.41, 5.74) is 1.22. The maximum atomic E-state index is 4.22. The molecule has 17 heavy (non-hydrogen) atoms. The van der Waals surface area contributed by atoms with Crippen LogP contribution in [0.2, 0.25) is 0 Å². The number of halogens is 1. The van der Waals surface area contributed by atoms with Crippen molar-refractivity contribution in [3.05, 3.63) is 35.1 Å². The lowest BCUT2D eigenvalue weighted by molar-refractivity contribution is 0.465. The summed E-state index contributed by atoms with van der Waals surface area (Å²) in [6, 6.07) is 2.11. The molecule has 0 fully saturated rings. The average molecular weight is 299 g/mol. The van der Waals surface area contributed by atoms with Crippen molar-refractivity contribution in [1.29, 1.82) is 0 Å². The molecule has 0 spiro atoms. The summed E-state index contributed by atoms with van der Waals surface area (Å²) in [7, 11) is 5.83. The van der Waals surface area contributed by atoms with Gasteiger partial charge in [-0.15, -0.1) is 6.58 Å². The topological polar surface area (TPSA) is 32.6 Å². The molecule has 0 saturated carbocycles. The standard InChI is InChI=1S/C12H19BrN4/c1-5-6-15-12(14-2)17(4)9-11-7-10(13)8-16(11)3/h5,7-8H,1,6,9H2,2-4H3,(H,14,15). The van der Waals surface area contributed by atoms with Crippen LogP contribution in [-0.2, 0) is 13.6 Å². The molecule has 0 amide bonds. The van der Waals surface area contributed by atoms with E-state index in [1.165, 1.54) is 5.69 Å². The molecule has 1 N–H and O–H groups in total. The Hall–Kier alpha value is -1.23. The van der Waals surface area contributed by atoms with E-state index >= 15 is 0 Å². The summed E-state index contributed by atoms with van der Waals surface area (Å²) in [6.07, 6.45) is 3.86. The Balaban J connectivity index is 2.67. The molecule has 0 aliphatic heterocycles. The summed E-state index contributed by atoms with van der Waals surface area (Å²) in [5, 5.41) is 3.20. The molecular weight excluding hydrogens is 280 g/mol. The van der Waals surface area contributed by atoms with Crippen molar-refractivity contribution < 1.29 is 0 Å². The van der Waals surface area contributed by atoms with E-state index in [2.05, 4.69) is 48.4 Å². The predicted octanol–water partition coefficient (Wildman–Crippen LogP) is 1.98. The summed E-state index contributed by atoms with van der Waals surface area (Å²) in [6.45, 7) is 5.20. The molecule has 4 nitrogen and oxygen atoms in total. The molecule has 94 valence electrons. The van der Waals surface area contributed by atoms with Crippen LogP contribution in [0.5, 0.6) is 0 Å². The van der Waals surface area contributed by atoms with E-state index in [0.717, 1.165) is 17.0 Å². The largest absolute Gasteiger partial charge is 0.353 e. The van der Waals surface area contributed by atoms with E-state index in [0.29, 0.717) is 6.54 Å². The predicted molar refractivity (Wildman–Crippen MR) is 76.1 cm³/mol.